The van der Waals surface area contributed by atoms with Crippen LogP contribution in [-0.4, -0.2) is 36.1 Å². The smallest absolute Gasteiger partial charge is 0.224 e. The topological polar surface area (TPSA) is 40.5 Å². The van der Waals surface area contributed by atoms with Gasteiger partial charge < -0.3 is 10.0 Å². The van der Waals surface area contributed by atoms with E-state index in [0.29, 0.717) is 6.54 Å². The summed E-state index contributed by atoms with van der Waals surface area (Å²) in [7, 11) is 1.77. The van der Waals surface area contributed by atoms with Crippen molar-refractivity contribution in [1.82, 2.24) is 4.90 Å². The Morgan fingerprint density at radius 2 is 2.06 bits per heavy atom. The predicted octanol–water partition coefficient (Wildman–Crippen LogP) is 1.38. The van der Waals surface area contributed by atoms with Crippen LogP contribution in [0.25, 0.3) is 0 Å². The van der Waals surface area contributed by atoms with Gasteiger partial charge in [-0.2, -0.15) is 0 Å². The fourth-order valence-electron chi connectivity index (χ4n) is 1.59. The first-order chi connectivity index (χ1) is 7.65. The van der Waals surface area contributed by atoms with Crippen LogP contribution in [0.15, 0.2) is 24.3 Å². The Balaban J connectivity index is 2.46. The number of aliphatic hydroxyl groups is 1. The third kappa shape index (κ3) is 3.66. The van der Waals surface area contributed by atoms with Crippen molar-refractivity contribution in [2.24, 2.45) is 0 Å². The minimum absolute atomic E-state index is 0.00363. The number of aryl methyl sites for hydroxylation is 1. The van der Waals surface area contributed by atoms with Gasteiger partial charge in [0.05, 0.1) is 6.61 Å². The van der Waals surface area contributed by atoms with E-state index < -0.39 is 0 Å². The van der Waals surface area contributed by atoms with Gasteiger partial charge in [-0.3, -0.25) is 4.79 Å². The molecule has 1 N–H and O–H groups in total. The molecule has 0 bridgehead atoms. The van der Waals surface area contributed by atoms with Crippen LogP contribution in [0.3, 0.4) is 0 Å². The summed E-state index contributed by atoms with van der Waals surface area (Å²) in [5.74, 6) is -0.00363. The SMILES string of the molecule is Cc1ccccc1CCN(C)C(=O)CCO. The van der Waals surface area contributed by atoms with Crippen LogP contribution in [0, 0.1) is 6.92 Å². The fourth-order valence-corrected chi connectivity index (χ4v) is 1.59. The summed E-state index contributed by atoms with van der Waals surface area (Å²) in [6.07, 6.45) is 1.07. The summed E-state index contributed by atoms with van der Waals surface area (Å²) in [6, 6.07) is 8.18. The number of amides is 1. The Bertz CT molecular complexity index is 350. The van der Waals surface area contributed by atoms with Gasteiger partial charge in [-0.25, -0.2) is 0 Å². The van der Waals surface area contributed by atoms with E-state index in [0.717, 1.165) is 6.42 Å². The van der Waals surface area contributed by atoms with Crippen LogP contribution in [0.4, 0.5) is 0 Å². The lowest BCUT2D eigenvalue weighted by atomic mass is 10.1. The number of likely N-dealkylation sites (N-methyl/N-ethyl adjacent to an activating group) is 1. The molecule has 3 heteroatoms. The molecule has 0 saturated carbocycles. The zero-order valence-electron chi connectivity index (χ0n) is 9.94. The number of carbonyl (C=O) groups excluding carboxylic acids is 1. The minimum atomic E-state index is -0.0759. The van der Waals surface area contributed by atoms with Gasteiger partial charge in [-0.1, -0.05) is 24.3 Å². The molecule has 1 amide bonds. The Morgan fingerprint density at radius 3 is 2.69 bits per heavy atom. The number of carbonyl (C=O) groups is 1. The molecule has 88 valence electrons. The number of nitrogens with zero attached hydrogens (tertiary/aromatic N) is 1. The first kappa shape index (κ1) is 12.7. The first-order valence-corrected chi connectivity index (χ1v) is 5.54. The lowest BCUT2D eigenvalue weighted by molar-refractivity contribution is -0.130. The molecular formula is C13H19NO2. The van der Waals surface area contributed by atoms with Gasteiger partial charge >= 0.3 is 0 Å². The van der Waals surface area contributed by atoms with Crippen molar-refractivity contribution in [3.63, 3.8) is 0 Å². The van der Waals surface area contributed by atoms with Crippen molar-refractivity contribution in [2.75, 3.05) is 20.2 Å². The van der Waals surface area contributed by atoms with E-state index in [1.165, 1.54) is 11.1 Å². The highest BCUT2D eigenvalue weighted by molar-refractivity contribution is 5.75. The molecule has 0 spiro atoms. The maximum absolute atomic E-state index is 11.4. The van der Waals surface area contributed by atoms with E-state index >= 15 is 0 Å². The van der Waals surface area contributed by atoms with Gasteiger partial charge in [0, 0.05) is 20.0 Å². The third-order valence-corrected chi connectivity index (χ3v) is 2.73. The van der Waals surface area contributed by atoms with Gasteiger partial charge in [0.15, 0.2) is 0 Å². The minimum Gasteiger partial charge on any atom is -0.396 e. The zero-order chi connectivity index (χ0) is 12.0. The van der Waals surface area contributed by atoms with Crippen LogP contribution in [-0.2, 0) is 11.2 Å². The molecule has 0 fully saturated rings. The average molecular weight is 221 g/mol. The van der Waals surface area contributed by atoms with Gasteiger partial charge in [-0.05, 0) is 24.5 Å². The Labute approximate surface area is 96.7 Å². The van der Waals surface area contributed by atoms with E-state index in [9.17, 15) is 4.79 Å². The molecule has 1 rings (SSSR count). The summed E-state index contributed by atoms with van der Waals surface area (Å²) in [4.78, 5) is 13.1. The molecule has 0 aliphatic carbocycles. The summed E-state index contributed by atoms with van der Waals surface area (Å²) < 4.78 is 0. The van der Waals surface area contributed by atoms with E-state index in [2.05, 4.69) is 19.1 Å². The van der Waals surface area contributed by atoms with Gasteiger partial charge in [0.2, 0.25) is 5.91 Å². The molecule has 0 radical (unpaired) electrons. The normalized spacial score (nSPS) is 10.2. The number of hydrogen-bond donors (Lipinski definition) is 1. The largest absolute Gasteiger partial charge is 0.396 e. The van der Waals surface area contributed by atoms with Crippen molar-refractivity contribution in [2.45, 2.75) is 19.8 Å². The first-order valence-electron chi connectivity index (χ1n) is 5.54. The lowest BCUT2D eigenvalue weighted by Crippen LogP contribution is -2.29. The maximum Gasteiger partial charge on any atom is 0.224 e. The number of hydrogen-bond acceptors (Lipinski definition) is 2. The van der Waals surface area contributed by atoms with Crippen LogP contribution in [0.5, 0.6) is 0 Å². The molecule has 0 heterocycles. The van der Waals surface area contributed by atoms with E-state index in [1.807, 2.05) is 12.1 Å². The van der Waals surface area contributed by atoms with Gasteiger partial charge in [0.1, 0.15) is 0 Å². The Kier molecular flexibility index (Phi) is 4.99. The van der Waals surface area contributed by atoms with E-state index in [4.69, 9.17) is 5.11 Å². The number of benzene rings is 1. The second-order valence-corrected chi connectivity index (χ2v) is 3.97. The van der Waals surface area contributed by atoms with Crippen LogP contribution in [0.1, 0.15) is 17.5 Å². The van der Waals surface area contributed by atoms with Crippen LogP contribution < -0.4 is 0 Å². The Morgan fingerprint density at radius 1 is 1.38 bits per heavy atom. The molecule has 1 aromatic rings. The lowest BCUT2D eigenvalue weighted by Gasteiger charge is -2.17. The van der Waals surface area contributed by atoms with Crippen LogP contribution >= 0.6 is 0 Å². The maximum atomic E-state index is 11.4. The molecule has 0 unspecified atom stereocenters. The van der Waals surface area contributed by atoms with Crippen molar-refractivity contribution < 1.29 is 9.90 Å². The summed E-state index contributed by atoms with van der Waals surface area (Å²) >= 11 is 0. The highest BCUT2D eigenvalue weighted by atomic mass is 16.3. The van der Waals surface area contributed by atoms with Gasteiger partial charge in [-0.15, -0.1) is 0 Å². The summed E-state index contributed by atoms with van der Waals surface area (Å²) in [6.45, 7) is 2.70. The fraction of sp³-hybridized carbons (Fsp3) is 0.462. The molecule has 3 nitrogen and oxygen atoms in total. The van der Waals surface area contributed by atoms with Crippen molar-refractivity contribution in [1.29, 1.82) is 0 Å². The molecule has 16 heavy (non-hydrogen) atoms. The average Bonchev–Trinajstić information content (AvgIpc) is 2.28. The molecule has 0 aliphatic rings. The molecule has 1 aromatic carbocycles. The molecule has 0 saturated heterocycles. The molecular weight excluding hydrogens is 202 g/mol. The monoisotopic (exact) mass is 221 g/mol. The molecule has 0 aliphatic heterocycles. The summed E-state index contributed by atoms with van der Waals surface area (Å²) in [5.41, 5.74) is 2.52. The van der Waals surface area contributed by atoms with Crippen molar-refractivity contribution in [3.8, 4) is 0 Å². The standard InChI is InChI=1S/C13H19NO2/c1-11-5-3-4-6-12(11)7-9-14(2)13(16)8-10-15/h3-6,15H,7-10H2,1-2H3. The quantitative estimate of drug-likeness (QED) is 0.816. The highest BCUT2D eigenvalue weighted by Gasteiger charge is 2.07. The molecule has 0 atom stereocenters. The van der Waals surface area contributed by atoms with E-state index in [1.54, 1.807) is 11.9 Å². The zero-order valence-corrected chi connectivity index (χ0v) is 9.94. The Hall–Kier alpha value is -1.35. The van der Waals surface area contributed by atoms with Crippen LogP contribution in [0.2, 0.25) is 0 Å². The highest BCUT2D eigenvalue weighted by Crippen LogP contribution is 2.08. The molecule has 0 aromatic heterocycles. The van der Waals surface area contributed by atoms with E-state index in [-0.39, 0.29) is 18.9 Å². The van der Waals surface area contributed by atoms with Crippen molar-refractivity contribution >= 4 is 5.91 Å². The predicted molar refractivity (Wildman–Crippen MR) is 64.2 cm³/mol. The van der Waals surface area contributed by atoms with Gasteiger partial charge in [0.25, 0.3) is 0 Å². The second kappa shape index (κ2) is 6.28. The second-order valence-electron chi connectivity index (χ2n) is 3.97. The third-order valence-electron chi connectivity index (χ3n) is 2.73. The number of aliphatic hydroxyl groups excluding tert-OH is 1. The number of rotatable bonds is 5. The summed E-state index contributed by atoms with van der Waals surface area (Å²) in [5, 5.41) is 8.67. The van der Waals surface area contributed by atoms with Crippen molar-refractivity contribution in [3.05, 3.63) is 35.4 Å².